The van der Waals surface area contributed by atoms with Gasteiger partial charge in [-0.3, -0.25) is 4.79 Å². The molecule has 0 bridgehead atoms. The maximum absolute atomic E-state index is 13.3. The van der Waals surface area contributed by atoms with Crippen molar-refractivity contribution in [3.8, 4) is 10.9 Å². The average Bonchev–Trinajstić information content (AvgIpc) is 3.10. The van der Waals surface area contributed by atoms with E-state index in [9.17, 15) is 9.18 Å². The van der Waals surface area contributed by atoms with Crippen molar-refractivity contribution >= 4 is 27.5 Å². The molecule has 0 aliphatic carbocycles. The van der Waals surface area contributed by atoms with Crippen molar-refractivity contribution in [2.45, 2.75) is 25.4 Å². The van der Waals surface area contributed by atoms with Gasteiger partial charge in [-0.15, -0.1) is 0 Å². The highest BCUT2D eigenvalue weighted by Gasteiger charge is 2.25. The fraction of sp³-hybridized carbons (Fsp3) is 0.333. The summed E-state index contributed by atoms with van der Waals surface area (Å²) in [4.78, 5) is 18.9. The number of likely N-dealkylation sites (tertiary alicyclic amines) is 1. The Bertz CT molecular complexity index is 983. The van der Waals surface area contributed by atoms with Gasteiger partial charge in [0.15, 0.2) is 0 Å². The molecule has 4 rings (SSSR count). The van der Waals surface area contributed by atoms with Gasteiger partial charge in [0, 0.05) is 25.9 Å². The number of benzene rings is 2. The number of thiazole rings is 1. The normalized spacial score (nSPS) is 15.0. The van der Waals surface area contributed by atoms with E-state index in [1.807, 2.05) is 29.2 Å². The first kappa shape index (κ1) is 18.7. The van der Waals surface area contributed by atoms with E-state index in [0.29, 0.717) is 24.7 Å². The zero-order chi connectivity index (χ0) is 19.5. The molecule has 7 heteroatoms. The quantitative estimate of drug-likeness (QED) is 0.648. The van der Waals surface area contributed by atoms with Gasteiger partial charge < -0.3 is 14.4 Å². The highest BCUT2D eigenvalue weighted by Crippen LogP contribution is 2.30. The number of nitrogens with zero attached hydrogens (tertiary/aromatic N) is 2. The summed E-state index contributed by atoms with van der Waals surface area (Å²) in [6.07, 6.45) is 1.90. The summed E-state index contributed by atoms with van der Waals surface area (Å²) in [6.45, 7) is 1.32. The molecule has 0 radical (unpaired) electrons. The Morgan fingerprint density at radius 3 is 2.86 bits per heavy atom. The largest absolute Gasteiger partial charge is 0.497 e. The molecule has 1 saturated heterocycles. The number of carbonyl (C=O) groups excluding carboxylic acids is 1. The van der Waals surface area contributed by atoms with Crippen LogP contribution in [0.3, 0.4) is 0 Å². The molecule has 1 amide bonds. The highest BCUT2D eigenvalue weighted by atomic mass is 32.1. The van der Waals surface area contributed by atoms with Gasteiger partial charge in [0.05, 0.1) is 23.7 Å². The Labute approximate surface area is 166 Å². The van der Waals surface area contributed by atoms with Crippen LogP contribution in [0.5, 0.6) is 10.9 Å². The van der Waals surface area contributed by atoms with Crippen molar-refractivity contribution in [1.29, 1.82) is 0 Å². The van der Waals surface area contributed by atoms with Gasteiger partial charge in [0.25, 0.3) is 5.19 Å². The van der Waals surface area contributed by atoms with Gasteiger partial charge in [-0.2, -0.15) is 0 Å². The third-order valence-corrected chi connectivity index (χ3v) is 5.79. The van der Waals surface area contributed by atoms with E-state index in [1.165, 1.54) is 23.5 Å². The van der Waals surface area contributed by atoms with Gasteiger partial charge in [0.1, 0.15) is 17.7 Å². The molecule has 1 aliphatic heterocycles. The summed E-state index contributed by atoms with van der Waals surface area (Å²) < 4.78 is 25.3. The van der Waals surface area contributed by atoms with E-state index in [0.717, 1.165) is 34.4 Å². The molecule has 0 atom stereocenters. The van der Waals surface area contributed by atoms with E-state index in [-0.39, 0.29) is 17.8 Å². The molecule has 0 spiro atoms. The lowest BCUT2D eigenvalue weighted by Crippen LogP contribution is -2.42. The summed E-state index contributed by atoms with van der Waals surface area (Å²) in [7, 11) is 1.62. The van der Waals surface area contributed by atoms with Crippen molar-refractivity contribution in [2.24, 2.45) is 0 Å². The number of aromatic nitrogens is 1. The first-order valence-corrected chi connectivity index (χ1v) is 10.1. The molecule has 146 valence electrons. The Hall–Kier alpha value is -2.67. The first-order chi connectivity index (χ1) is 13.6. The van der Waals surface area contributed by atoms with Crippen LogP contribution in [-0.4, -0.2) is 42.1 Å². The van der Waals surface area contributed by atoms with Crippen LogP contribution >= 0.6 is 11.3 Å². The smallest absolute Gasteiger partial charge is 0.274 e. The maximum Gasteiger partial charge on any atom is 0.274 e. The SMILES string of the molecule is COc1cccc(CC(=O)N2CCC(Oc3nc4ccc(F)cc4s3)CC2)c1. The average molecular weight is 400 g/mol. The van der Waals surface area contributed by atoms with Crippen molar-refractivity contribution < 1.29 is 18.7 Å². The van der Waals surface area contributed by atoms with Crippen LogP contribution in [-0.2, 0) is 11.2 Å². The minimum Gasteiger partial charge on any atom is -0.497 e. The molecule has 0 saturated carbocycles. The second kappa shape index (κ2) is 8.14. The van der Waals surface area contributed by atoms with Gasteiger partial charge in [-0.05, 0) is 35.9 Å². The molecule has 2 heterocycles. The number of piperidine rings is 1. The second-order valence-corrected chi connectivity index (χ2v) is 7.81. The summed E-state index contributed by atoms with van der Waals surface area (Å²) in [5.74, 6) is 0.598. The van der Waals surface area contributed by atoms with Gasteiger partial charge in [-0.1, -0.05) is 23.5 Å². The topological polar surface area (TPSA) is 51.7 Å². The van der Waals surface area contributed by atoms with E-state index in [2.05, 4.69) is 4.98 Å². The molecule has 0 N–H and O–H groups in total. The number of ether oxygens (including phenoxy) is 2. The summed E-state index contributed by atoms with van der Waals surface area (Å²) in [5, 5.41) is 0.557. The van der Waals surface area contributed by atoms with Crippen LogP contribution in [0.2, 0.25) is 0 Å². The van der Waals surface area contributed by atoms with Crippen LogP contribution < -0.4 is 9.47 Å². The minimum absolute atomic E-state index is 0.0197. The van der Waals surface area contributed by atoms with Gasteiger partial charge >= 0.3 is 0 Å². The number of hydrogen-bond acceptors (Lipinski definition) is 5. The Morgan fingerprint density at radius 2 is 2.07 bits per heavy atom. The number of hydrogen-bond donors (Lipinski definition) is 0. The zero-order valence-electron chi connectivity index (χ0n) is 15.6. The Kier molecular flexibility index (Phi) is 5.43. The Morgan fingerprint density at radius 1 is 1.25 bits per heavy atom. The maximum atomic E-state index is 13.3. The van der Waals surface area contributed by atoms with Crippen molar-refractivity contribution in [2.75, 3.05) is 20.2 Å². The summed E-state index contributed by atoms with van der Waals surface area (Å²) >= 11 is 1.35. The predicted molar refractivity (Wildman–Crippen MR) is 107 cm³/mol. The minimum atomic E-state index is -0.273. The lowest BCUT2D eigenvalue weighted by molar-refractivity contribution is -0.132. The zero-order valence-corrected chi connectivity index (χ0v) is 16.4. The van der Waals surface area contributed by atoms with Crippen molar-refractivity contribution in [3.63, 3.8) is 0 Å². The van der Waals surface area contributed by atoms with Crippen LogP contribution in [0.15, 0.2) is 42.5 Å². The molecule has 0 unspecified atom stereocenters. The lowest BCUT2D eigenvalue weighted by Gasteiger charge is -2.31. The van der Waals surface area contributed by atoms with Crippen LogP contribution in [0, 0.1) is 5.82 Å². The summed E-state index contributed by atoms with van der Waals surface area (Å²) in [6, 6.07) is 12.1. The Balaban J connectivity index is 1.31. The van der Waals surface area contributed by atoms with Gasteiger partial charge in [-0.25, -0.2) is 9.37 Å². The van der Waals surface area contributed by atoms with E-state index < -0.39 is 0 Å². The van der Waals surface area contributed by atoms with Crippen LogP contribution in [0.1, 0.15) is 18.4 Å². The fourth-order valence-electron chi connectivity index (χ4n) is 3.36. The molecule has 1 aromatic heterocycles. The number of amides is 1. The highest BCUT2D eigenvalue weighted by molar-refractivity contribution is 7.20. The van der Waals surface area contributed by atoms with E-state index in [4.69, 9.17) is 9.47 Å². The first-order valence-electron chi connectivity index (χ1n) is 9.24. The van der Waals surface area contributed by atoms with Crippen LogP contribution in [0.4, 0.5) is 4.39 Å². The van der Waals surface area contributed by atoms with Crippen molar-refractivity contribution in [1.82, 2.24) is 9.88 Å². The standard InChI is InChI=1S/C21H21FN2O3S/c1-26-17-4-2-3-14(11-17)12-20(25)24-9-7-16(8-10-24)27-21-23-18-6-5-15(22)13-19(18)28-21/h2-6,11,13,16H,7-10,12H2,1H3. The second-order valence-electron chi connectivity index (χ2n) is 6.82. The number of methoxy groups -OCH3 is 1. The van der Waals surface area contributed by atoms with E-state index in [1.54, 1.807) is 13.2 Å². The molecular weight excluding hydrogens is 379 g/mol. The fourth-order valence-corrected chi connectivity index (χ4v) is 4.27. The predicted octanol–water partition coefficient (Wildman–Crippen LogP) is 4.06. The molecule has 28 heavy (non-hydrogen) atoms. The monoisotopic (exact) mass is 400 g/mol. The number of halogens is 1. The molecule has 1 fully saturated rings. The third-order valence-electron chi connectivity index (χ3n) is 4.88. The number of rotatable bonds is 5. The molecule has 2 aromatic carbocycles. The molecule has 5 nitrogen and oxygen atoms in total. The van der Waals surface area contributed by atoms with Crippen molar-refractivity contribution in [3.05, 3.63) is 53.8 Å². The molecular formula is C21H21FN2O3S. The van der Waals surface area contributed by atoms with Crippen LogP contribution in [0.25, 0.3) is 10.2 Å². The van der Waals surface area contributed by atoms with Gasteiger partial charge in [0.2, 0.25) is 5.91 Å². The summed E-state index contributed by atoms with van der Waals surface area (Å²) in [5.41, 5.74) is 1.69. The lowest BCUT2D eigenvalue weighted by atomic mass is 10.1. The number of fused-ring (bicyclic) bond motifs is 1. The third kappa shape index (κ3) is 4.25. The molecule has 1 aliphatic rings. The number of carbonyl (C=O) groups is 1. The molecule has 3 aromatic rings. The van der Waals surface area contributed by atoms with E-state index >= 15 is 0 Å².